The highest BCUT2D eigenvalue weighted by Crippen LogP contribution is 2.31. The normalized spacial score (nSPS) is 16.9. The van der Waals surface area contributed by atoms with Crippen LogP contribution in [0.15, 0.2) is 18.2 Å². The Morgan fingerprint density at radius 3 is 2.88 bits per heavy atom. The third-order valence-electron chi connectivity index (χ3n) is 2.68. The number of thioether (sulfide) groups is 1. The zero-order chi connectivity index (χ0) is 11.0. The standard InChI is InChI=1S/C11H13N3S2/c12-8-1-2-9-10(7-8)16-11(13-9)14-3-5-15-6-4-14/h1-2,7H,3-6,12H2. The average molecular weight is 251 g/mol. The molecule has 3 rings (SSSR count). The molecule has 1 aromatic carbocycles. The Hall–Kier alpha value is -0.940. The van der Waals surface area contributed by atoms with Crippen LogP contribution in [0.3, 0.4) is 0 Å². The van der Waals surface area contributed by atoms with Crippen molar-refractivity contribution < 1.29 is 0 Å². The summed E-state index contributed by atoms with van der Waals surface area (Å²) in [6.45, 7) is 2.22. The maximum atomic E-state index is 5.77. The SMILES string of the molecule is Nc1ccc2nc(N3CCSCC3)sc2c1. The maximum Gasteiger partial charge on any atom is 0.186 e. The van der Waals surface area contributed by atoms with E-state index in [2.05, 4.69) is 9.88 Å². The second-order valence-electron chi connectivity index (χ2n) is 3.82. The van der Waals surface area contributed by atoms with E-state index in [4.69, 9.17) is 5.73 Å². The first-order chi connectivity index (χ1) is 7.83. The molecular formula is C11H13N3S2. The molecule has 0 amide bonds. The number of hydrogen-bond acceptors (Lipinski definition) is 5. The van der Waals surface area contributed by atoms with Crippen molar-refractivity contribution in [1.82, 2.24) is 4.98 Å². The maximum absolute atomic E-state index is 5.77. The average Bonchev–Trinajstić information content (AvgIpc) is 2.73. The highest BCUT2D eigenvalue weighted by molar-refractivity contribution is 7.99. The predicted octanol–water partition coefficient (Wildman–Crippen LogP) is 2.43. The number of nitrogens with zero attached hydrogens (tertiary/aromatic N) is 2. The van der Waals surface area contributed by atoms with Crippen LogP contribution in [0.25, 0.3) is 10.2 Å². The molecule has 2 aromatic rings. The topological polar surface area (TPSA) is 42.1 Å². The molecule has 0 spiro atoms. The molecule has 1 fully saturated rings. The van der Waals surface area contributed by atoms with Gasteiger partial charge in [0.1, 0.15) is 0 Å². The first kappa shape index (κ1) is 10.2. The fourth-order valence-electron chi connectivity index (χ4n) is 1.82. The second kappa shape index (κ2) is 4.14. The van der Waals surface area contributed by atoms with E-state index in [1.807, 2.05) is 30.0 Å². The van der Waals surface area contributed by atoms with Gasteiger partial charge < -0.3 is 10.6 Å². The Kier molecular flexibility index (Phi) is 2.65. The van der Waals surface area contributed by atoms with Gasteiger partial charge >= 0.3 is 0 Å². The molecule has 16 heavy (non-hydrogen) atoms. The number of nitrogen functional groups attached to an aromatic ring is 1. The lowest BCUT2D eigenvalue weighted by Crippen LogP contribution is -2.32. The van der Waals surface area contributed by atoms with Crippen molar-refractivity contribution in [2.75, 3.05) is 35.2 Å². The molecule has 1 saturated heterocycles. The molecule has 1 aliphatic rings. The van der Waals surface area contributed by atoms with Crippen LogP contribution in [-0.4, -0.2) is 29.6 Å². The van der Waals surface area contributed by atoms with Crippen molar-refractivity contribution in [3.8, 4) is 0 Å². The smallest absolute Gasteiger partial charge is 0.186 e. The molecule has 0 bridgehead atoms. The summed E-state index contributed by atoms with van der Waals surface area (Å²) in [5, 5.41) is 1.14. The van der Waals surface area contributed by atoms with E-state index < -0.39 is 0 Å². The van der Waals surface area contributed by atoms with Crippen molar-refractivity contribution in [2.45, 2.75) is 0 Å². The molecule has 3 nitrogen and oxygen atoms in total. The highest BCUT2D eigenvalue weighted by Gasteiger charge is 2.15. The third-order valence-corrected chi connectivity index (χ3v) is 4.70. The number of benzene rings is 1. The lowest BCUT2D eigenvalue weighted by Gasteiger charge is -2.25. The van der Waals surface area contributed by atoms with Crippen molar-refractivity contribution in [1.29, 1.82) is 0 Å². The minimum Gasteiger partial charge on any atom is -0.399 e. The van der Waals surface area contributed by atoms with Crippen LogP contribution >= 0.6 is 23.1 Å². The lowest BCUT2D eigenvalue weighted by molar-refractivity contribution is 0.854. The van der Waals surface area contributed by atoms with Gasteiger partial charge in [-0.1, -0.05) is 11.3 Å². The summed E-state index contributed by atoms with van der Waals surface area (Å²) in [6.07, 6.45) is 0. The van der Waals surface area contributed by atoms with Crippen LogP contribution in [0.5, 0.6) is 0 Å². The van der Waals surface area contributed by atoms with Gasteiger partial charge in [-0.2, -0.15) is 11.8 Å². The number of thiazole rings is 1. The number of nitrogens with two attached hydrogens (primary N) is 1. The van der Waals surface area contributed by atoms with Crippen LogP contribution in [-0.2, 0) is 0 Å². The van der Waals surface area contributed by atoms with Gasteiger partial charge in [0.05, 0.1) is 10.2 Å². The summed E-state index contributed by atoms with van der Waals surface area (Å²) < 4.78 is 1.19. The summed E-state index contributed by atoms with van der Waals surface area (Å²) in [6, 6.07) is 5.93. The van der Waals surface area contributed by atoms with Gasteiger partial charge in [-0.25, -0.2) is 4.98 Å². The Bertz CT molecular complexity index is 503. The minimum absolute atomic E-state index is 0.817. The summed E-state index contributed by atoms with van der Waals surface area (Å²) in [7, 11) is 0. The summed E-state index contributed by atoms with van der Waals surface area (Å²) >= 11 is 3.76. The van der Waals surface area contributed by atoms with Gasteiger partial charge in [-0.05, 0) is 18.2 Å². The summed E-state index contributed by atoms with van der Waals surface area (Å²) in [5.41, 5.74) is 7.65. The molecule has 84 valence electrons. The van der Waals surface area contributed by atoms with Crippen LogP contribution < -0.4 is 10.6 Å². The van der Waals surface area contributed by atoms with Crippen molar-refractivity contribution in [2.24, 2.45) is 0 Å². The third kappa shape index (κ3) is 1.85. The predicted molar refractivity (Wildman–Crippen MR) is 73.6 cm³/mol. The van der Waals surface area contributed by atoms with Gasteiger partial charge in [0.2, 0.25) is 0 Å². The van der Waals surface area contributed by atoms with Gasteiger partial charge in [-0.3, -0.25) is 0 Å². The molecule has 0 unspecified atom stereocenters. The first-order valence-corrected chi connectivity index (χ1v) is 7.29. The molecule has 5 heteroatoms. The molecule has 0 saturated carbocycles. The van der Waals surface area contributed by atoms with E-state index in [-0.39, 0.29) is 0 Å². The molecule has 0 atom stereocenters. The largest absolute Gasteiger partial charge is 0.399 e. The van der Waals surface area contributed by atoms with Crippen LogP contribution in [0.2, 0.25) is 0 Å². The van der Waals surface area contributed by atoms with Crippen molar-refractivity contribution in [3.63, 3.8) is 0 Å². The molecule has 1 aromatic heterocycles. The zero-order valence-corrected chi connectivity index (χ0v) is 10.5. The highest BCUT2D eigenvalue weighted by atomic mass is 32.2. The second-order valence-corrected chi connectivity index (χ2v) is 6.06. The lowest BCUT2D eigenvalue weighted by atomic mass is 10.3. The number of anilines is 2. The monoisotopic (exact) mass is 251 g/mol. The number of aromatic nitrogens is 1. The molecule has 1 aliphatic heterocycles. The van der Waals surface area contributed by atoms with E-state index >= 15 is 0 Å². The molecule has 0 aliphatic carbocycles. The Labute approximate surface area is 103 Å². The molecular weight excluding hydrogens is 238 g/mol. The van der Waals surface area contributed by atoms with Gasteiger partial charge in [-0.15, -0.1) is 0 Å². The minimum atomic E-state index is 0.817. The van der Waals surface area contributed by atoms with E-state index in [1.165, 1.54) is 16.2 Å². The Morgan fingerprint density at radius 2 is 2.06 bits per heavy atom. The molecule has 0 radical (unpaired) electrons. The fraction of sp³-hybridized carbons (Fsp3) is 0.364. The Morgan fingerprint density at radius 1 is 1.25 bits per heavy atom. The van der Waals surface area contributed by atoms with E-state index in [0.29, 0.717) is 0 Å². The zero-order valence-electron chi connectivity index (χ0n) is 8.85. The van der Waals surface area contributed by atoms with Crippen LogP contribution in [0.1, 0.15) is 0 Å². The molecule has 2 N–H and O–H groups in total. The Balaban J connectivity index is 1.97. The van der Waals surface area contributed by atoms with E-state index in [1.54, 1.807) is 11.3 Å². The van der Waals surface area contributed by atoms with Crippen molar-refractivity contribution in [3.05, 3.63) is 18.2 Å². The quantitative estimate of drug-likeness (QED) is 0.790. The van der Waals surface area contributed by atoms with E-state index in [0.717, 1.165) is 29.4 Å². The summed E-state index contributed by atoms with van der Waals surface area (Å²) in [4.78, 5) is 7.03. The van der Waals surface area contributed by atoms with E-state index in [9.17, 15) is 0 Å². The van der Waals surface area contributed by atoms with Gasteiger partial charge in [0.25, 0.3) is 0 Å². The summed E-state index contributed by atoms with van der Waals surface area (Å²) in [5.74, 6) is 2.41. The first-order valence-electron chi connectivity index (χ1n) is 5.32. The number of rotatable bonds is 1. The van der Waals surface area contributed by atoms with Crippen molar-refractivity contribution >= 4 is 44.1 Å². The van der Waals surface area contributed by atoms with Crippen LogP contribution in [0.4, 0.5) is 10.8 Å². The molecule has 2 heterocycles. The fourth-order valence-corrected chi connectivity index (χ4v) is 3.79. The van der Waals surface area contributed by atoms with Gasteiger partial charge in [0.15, 0.2) is 5.13 Å². The van der Waals surface area contributed by atoms with Crippen LogP contribution in [0, 0.1) is 0 Å². The number of fused-ring (bicyclic) bond motifs is 1. The number of hydrogen-bond donors (Lipinski definition) is 1. The van der Waals surface area contributed by atoms with Gasteiger partial charge in [0, 0.05) is 30.3 Å².